The van der Waals surface area contributed by atoms with Gasteiger partial charge in [-0.25, -0.2) is 0 Å². The summed E-state index contributed by atoms with van der Waals surface area (Å²) in [6.45, 7) is 0. The minimum absolute atomic E-state index is 0.186. The molecular weight excluding hydrogens is 260 g/mol. The van der Waals surface area contributed by atoms with E-state index < -0.39 is 0 Å². The monoisotopic (exact) mass is 276 g/mol. The van der Waals surface area contributed by atoms with Crippen molar-refractivity contribution in [3.8, 4) is 0 Å². The predicted octanol–water partition coefficient (Wildman–Crippen LogP) is 3.64. The number of carbonyl (C=O) groups is 2. The zero-order valence-corrected chi connectivity index (χ0v) is 11.6. The molecule has 2 nitrogen and oxygen atoms in total. The van der Waals surface area contributed by atoms with Crippen LogP contribution >= 0.6 is 0 Å². The van der Waals surface area contributed by atoms with Crippen LogP contribution in [0, 0.1) is 0 Å². The van der Waals surface area contributed by atoms with E-state index in [1.54, 1.807) is 12.2 Å². The van der Waals surface area contributed by atoms with Crippen molar-refractivity contribution in [3.63, 3.8) is 0 Å². The SMILES string of the molecule is O=CC(=CCc1ccccc1)C(=O)C=Cc1ccccc1. The lowest BCUT2D eigenvalue weighted by atomic mass is 10.1. The number of hydrogen-bond donors (Lipinski definition) is 0. The number of allylic oxidation sites excluding steroid dienone is 3. The summed E-state index contributed by atoms with van der Waals surface area (Å²) in [5.41, 5.74) is 2.18. The van der Waals surface area contributed by atoms with Crippen LogP contribution in [0.5, 0.6) is 0 Å². The molecule has 0 aromatic heterocycles. The Labute approximate surface area is 124 Å². The number of ketones is 1. The topological polar surface area (TPSA) is 34.1 Å². The van der Waals surface area contributed by atoms with Crippen molar-refractivity contribution in [1.82, 2.24) is 0 Å². The van der Waals surface area contributed by atoms with Gasteiger partial charge in [-0.3, -0.25) is 9.59 Å². The average Bonchev–Trinajstić information content (AvgIpc) is 2.55. The van der Waals surface area contributed by atoms with Crippen molar-refractivity contribution < 1.29 is 9.59 Å². The minimum Gasteiger partial charge on any atom is -0.298 e. The van der Waals surface area contributed by atoms with Crippen LogP contribution in [-0.2, 0) is 16.0 Å². The quantitative estimate of drug-likeness (QED) is 0.349. The molecule has 0 aliphatic carbocycles. The summed E-state index contributed by atoms with van der Waals surface area (Å²) in [5, 5.41) is 0. The number of benzene rings is 2. The lowest BCUT2D eigenvalue weighted by molar-refractivity contribution is -0.114. The highest BCUT2D eigenvalue weighted by Gasteiger charge is 2.04. The van der Waals surface area contributed by atoms with E-state index in [9.17, 15) is 9.59 Å². The van der Waals surface area contributed by atoms with Crippen molar-refractivity contribution in [2.45, 2.75) is 6.42 Å². The van der Waals surface area contributed by atoms with Gasteiger partial charge in [0, 0.05) is 0 Å². The number of rotatable bonds is 6. The third kappa shape index (κ3) is 4.69. The summed E-state index contributed by atoms with van der Waals surface area (Å²) in [6.07, 6.45) is 5.99. The van der Waals surface area contributed by atoms with Crippen LogP contribution in [0.3, 0.4) is 0 Å². The number of aldehydes is 1. The Morgan fingerprint density at radius 3 is 2.14 bits per heavy atom. The van der Waals surface area contributed by atoms with Crippen LogP contribution < -0.4 is 0 Å². The van der Waals surface area contributed by atoms with Gasteiger partial charge in [-0.2, -0.15) is 0 Å². The smallest absolute Gasteiger partial charge is 0.188 e. The van der Waals surface area contributed by atoms with Gasteiger partial charge in [0.15, 0.2) is 12.1 Å². The molecule has 2 aromatic carbocycles. The molecule has 0 saturated carbocycles. The van der Waals surface area contributed by atoms with Crippen LogP contribution in [0.4, 0.5) is 0 Å². The third-order valence-electron chi connectivity index (χ3n) is 3.04. The Morgan fingerprint density at radius 2 is 1.52 bits per heavy atom. The fourth-order valence-corrected chi connectivity index (χ4v) is 1.88. The molecule has 2 rings (SSSR count). The summed E-state index contributed by atoms with van der Waals surface area (Å²) < 4.78 is 0. The van der Waals surface area contributed by atoms with E-state index in [4.69, 9.17) is 0 Å². The predicted molar refractivity (Wildman–Crippen MR) is 84.8 cm³/mol. The van der Waals surface area contributed by atoms with Crippen LogP contribution in [0.25, 0.3) is 6.08 Å². The molecule has 104 valence electrons. The zero-order valence-electron chi connectivity index (χ0n) is 11.6. The first-order valence-electron chi connectivity index (χ1n) is 6.76. The molecule has 0 spiro atoms. The Kier molecular flexibility index (Phi) is 5.41. The maximum absolute atomic E-state index is 12.0. The first-order chi connectivity index (χ1) is 10.3. The van der Waals surface area contributed by atoms with Gasteiger partial charge in [0.05, 0.1) is 5.57 Å². The standard InChI is InChI=1S/C19H16O2/c20-15-18(13-11-16-7-3-1-4-8-16)19(21)14-12-17-9-5-2-6-10-17/h1-10,12-15H,11H2. The van der Waals surface area contributed by atoms with Gasteiger partial charge in [-0.15, -0.1) is 0 Å². The van der Waals surface area contributed by atoms with Crippen molar-refractivity contribution in [2.24, 2.45) is 0 Å². The van der Waals surface area contributed by atoms with Gasteiger partial charge in [-0.1, -0.05) is 72.8 Å². The lowest BCUT2D eigenvalue weighted by Gasteiger charge is -1.97. The Morgan fingerprint density at radius 1 is 0.905 bits per heavy atom. The maximum Gasteiger partial charge on any atom is 0.188 e. The second kappa shape index (κ2) is 7.75. The van der Waals surface area contributed by atoms with Crippen LogP contribution in [0.1, 0.15) is 11.1 Å². The number of carbonyl (C=O) groups excluding carboxylic acids is 2. The molecular formula is C19H16O2. The molecule has 0 N–H and O–H groups in total. The van der Waals surface area contributed by atoms with Gasteiger partial charge in [-0.05, 0) is 23.6 Å². The van der Waals surface area contributed by atoms with Gasteiger partial charge in [0.25, 0.3) is 0 Å². The first kappa shape index (κ1) is 14.7. The second-order valence-corrected chi connectivity index (χ2v) is 4.58. The van der Waals surface area contributed by atoms with E-state index in [1.807, 2.05) is 60.7 Å². The maximum atomic E-state index is 12.0. The van der Waals surface area contributed by atoms with E-state index in [2.05, 4.69) is 0 Å². The summed E-state index contributed by atoms with van der Waals surface area (Å²) in [7, 11) is 0. The minimum atomic E-state index is -0.273. The highest BCUT2D eigenvalue weighted by molar-refractivity contribution is 6.18. The molecule has 0 fully saturated rings. The van der Waals surface area contributed by atoms with Crippen LogP contribution in [0.2, 0.25) is 0 Å². The summed E-state index contributed by atoms with van der Waals surface area (Å²) >= 11 is 0. The molecule has 0 unspecified atom stereocenters. The molecule has 0 radical (unpaired) electrons. The van der Waals surface area contributed by atoms with Gasteiger partial charge in [0.2, 0.25) is 0 Å². The molecule has 0 amide bonds. The highest BCUT2D eigenvalue weighted by atomic mass is 16.1. The molecule has 0 saturated heterocycles. The Bertz CT molecular complexity index is 652. The van der Waals surface area contributed by atoms with E-state index in [-0.39, 0.29) is 11.4 Å². The lowest BCUT2D eigenvalue weighted by Crippen LogP contribution is -2.00. The fraction of sp³-hybridized carbons (Fsp3) is 0.0526. The largest absolute Gasteiger partial charge is 0.298 e. The molecule has 21 heavy (non-hydrogen) atoms. The fourth-order valence-electron chi connectivity index (χ4n) is 1.88. The molecule has 0 aliphatic rings. The zero-order chi connectivity index (χ0) is 14.9. The molecule has 2 aromatic rings. The van der Waals surface area contributed by atoms with E-state index >= 15 is 0 Å². The average molecular weight is 276 g/mol. The molecule has 0 heterocycles. The Balaban J connectivity index is 2.05. The molecule has 2 heteroatoms. The molecule has 0 aliphatic heterocycles. The van der Waals surface area contributed by atoms with Crippen molar-refractivity contribution in [1.29, 1.82) is 0 Å². The van der Waals surface area contributed by atoms with Crippen LogP contribution in [-0.4, -0.2) is 12.1 Å². The van der Waals surface area contributed by atoms with Gasteiger partial charge in [0.1, 0.15) is 0 Å². The van der Waals surface area contributed by atoms with Crippen molar-refractivity contribution in [3.05, 3.63) is 89.5 Å². The van der Waals surface area contributed by atoms with E-state index in [1.165, 1.54) is 6.08 Å². The summed E-state index contributed by atoms with van der Waals surface area (Å²) in [5.74, 6) is -0.273. The van der Waals surface area contributed by atoms with E-state index in [0.29, 0.717) is 12.7 Å². The Hall–Kier alpha value is -2.74. The van der Waals surface area contributed by atoms with Gasteiger partial charge < -0.3 is 0 Å². The van der Waals surface area contributed by atoms with Gasteiger partial charge >= 0.3 is 0 Å². The first-order valence-corrected chi connectivity index (χ1v) is 6.76. The third-order valence-corrected chi connectivity index (χ3v) is 3.04. The van der Waals surface area contributed by atoms with Crippen LogP contribution in [0.15, 0.2) is 78.4 Å². The molecule has 0 atom stereocenters. The van der Waals surface area contributed by atoms with Crippen molar-refractivity contribution in [2.75, 3.05) is 0 Å². The van der Waals surface area contributed by atoms with E-state index in [0.717, 1.165) is 11.1 Å². The number of hydrogen-bond acceptors (Lipinski definition) is 2. The summed E-state index contributed by atoms with van der Waals surface area (Å²) in [6, 6.07) is 19.2. The normalized spacial score (nSPS) is 11.5. The van der Waals surface area contributed by atoms with Crippen molar-refractivity contribution >= 4 is 18.1 Å². The molecule has 0 bridgehead atoms. The second-order valence-electron chi connectivity index (χ2n) is 4.58. The highest BCUT2D eigenvalue weighted by Crippen LogP contribution is 2.06. The summed E-state index contributed by atoms with van der Waals surface area (Å²) in [4.78, 5) is 23.0.